The largest absolute Gasteiger partial charge is 0.486 e. The third kappa shape index (κ3) is 5.04. The van der Waals surface area contributed by atoms with E-state index in [-0.39, 0.29) is 31.5 Å². The van der Waals surface area contributed by atoms with Gasteiger partial charge in [-0.15, -0.1) is 0 Å². The fraction of sp³-hybridized carbons (Fsp3) is 0.636. The van der Waals surface area contributed by atoms with E-state index in [1.54, 1.807) is 23.1 Å². The Kier molecular flexibility index (Phi) is 6.82. The first-order valence-electron chi connectivity index (χ1n) is 10.9. The number of esters is 1. The second-order valence-corrected chi connectivity index (χ2v) is 8.34. The Balaban J connectivity index is 1.22. The summed E-state index contributed by atoms with van der Waals surface area (Å²) in [4.78, 5) is 27.6. The number of rotatable bonds is 7. The number of carbonyl (C=O) groups is 2. The number of carbonyl (C=O) groups excluding carboxylic acids is 2. The molecule has 0 aromatic heterocycles. The summed E-state index contributed by atoms with van der Waals surface area (Å²) in [5, 5.41) is 9.37. The fourth-order valence-electron chi connectivity index (χ4n) is 4.43. The van der Waals surface area contributed by atoms with Crippen LogP contribution in [0.2, 0.25) is 0 Å². The molecule has 31 heavy (non-hydrogen) atoms. The molecule has 0 bridgehead atoms. The third-order valence-electron chi connectivity index (χ3n) is 6.32. The van der Waals surface area contributed by atoms with Crippen molar-refractivity contribution in [2.24, 2.45) is 5.92 Å². The predicted octanol–water partition coefficient (Wildman–Crippen LogP) is 1.53. The fourth-order valence-corrected chi connectivity index (χ4v) is 4.43. The predicted molar refractivity (Wildman–Crippen MR) is 110 cm³/mol. The molecule has 4 rings (SSSR count). The zero-order chi connectivity index (χ0) is 21.8. The van der Waals surface area contributed by atoms with E-state index >= 15 is 0 Å². The van der Waals surface area contributed by atoms with E-state index in [9.17, 15) is 14.7 Å². The number of likely N-dealkylation sites (tertiary alicyclic amines) is 1. The summed E-state index contributed by atoms with van der Waals surface area (Å²) in [6, 6.07) is 4.87. The first-order valence-corrected chi connectivity index (χ1v) is 10.9. The number of amides is 1. The first kappa shape index (κ1) is 21.7. The SMILES string of the molecule is COC(=O)c1ccc2c(c1)OC(CN1CCC(CCN3C(=O)OC[C@H]3CO)CC1)CO2. The van der Waals surface area contributed by atoms with Crippen molar-refractivity contribution in [3.8, 4) is 11.5 Å². The van der Waals surface area contributed by atoms with Gasteiger partial charge in [0.1, 0.15) is 19.3 Å². The van der Waals surface area contributed by atoms with E-state index in [1.807, 2.05) is 0 Å². The van der Waals surface area contributed by atoms with Crippen molar-refractivity contribution in [1.29, 1.82) is 0 Å². The summed E-state index contributed by atoms with van der Waals surface area (Å²) in [6.45, 7) is 4.03. The van der Waals surface area contributed by atoms with E-state index < -0.39 is 5.97 Å². The lowest BCUT2D eigenvalue weighted by Crippen LogP contribution is -2.44. The molecule has 2 saturated heterocycles. The molecular formula is C22H30N2O7. The number of methoxy groups -OCH3 is 1. The highest BCUT2D eigenvalue weighted by Crippen LogP contribution is 2.33. The molecule has 1 N–H and O–H groups in total. The smallest absolute Gasteiger partial charge is 0.410 e. The summed E-state index contributed by atoms with van der Waals surface area (Å²) < 4.78 is 21.7. The number of piperidine rings is 1. The van der Waals surface area contributed by atoms with Gasteiger partial charge in [0.05, 0.1) is 25.3 Å². The molecular weight excluding hydrogens is 404 g/mol. The maximum absolute atomic E-state index is 11.8. The van der Waals surface area contributed by atoms with Crippen molar-refractivity contribution >= 4 is 12.1 Å². The number of fused-ring (bicyclic) bond motifs is 1. The standard InChI is InChI=1S/C22H30N2O7/c1-28-21(26)16-2-3-19-20(10-16)31-18(14-29-19)11-23-7-4-15(5-8-23)6-9-24-17(12-25)13-30-22(24)27/h2-3,10,15,17-18,25H,4-9,11-14H2,1H3/t17-,18?/m1/s1. The number of cyclic esters (lactones) is 1. The number of benzene rings is 1. The molecule has 3 aliphatic heterocycles. The Morgan fingerprint density at radius 1 is 1.19 bits per heavy atom. The maximum Gasteiger partial charge on any atom is 0.410 e. The number of ether oxygens (including phenoxy) is 4. The molecule has 3 heterocycles. The minimum absolute atomic E-state index is 0.0576. The van der Waals surface area contributed by atoms with Crippen molar-refractivity contribution in [3.05, 3.63) is 23.8 Å². The van der Waals surface area contributed by atoms with Gasteiger partial charge in [-0.1, -0.05) is 0 Å². The van der Waals surface area contributed by atoms with Crippen molar-refractivity contribution in [1.82, 2.24) is 9.80 Å². The average molecular weight is 434 g/mol. The van der Waals surface area contributed by atoms with Gasteiger partial charge in [-0.05, 0) is 56.5 Å². The molecule has 170 valence electrons. The molecule has 9 heteroatoms. The Morgan fingerprint density at radius 2 is 2.00 bits per heavy atom. The van der Waals surface area contributed by atoms with Crippen LogP contribution in [0, 0.1) is 5.92 Å². The molecule has 1 unspecified atom stereocenters. The molecule has 0 spiro atoms. The number of hydrogen-bond donors (Lipinski definition) is 1. The lowest BCUT2D eigenvalue weighted by molar-refractivity contribution is 0.0458. The second-order valence-electron chi connectivity index (χ2n) is 8.34. The molecule has 0 saturated carbocycles. The van der Waals surface area contributed by atoms with E-state index in [2.05, 4.69) is 4.90 Å². The highest BCUT2D eigenvalue weighted by atomic mass is 16.6. The lowest BCUT2D eigenvalue weighted by atomic mass is 9.93. The zero-order valence-corrected chi connectivity index (χ0v) is 17.8. The van der Waals surface area contributed by atoms with E-state index in [1.165, 1.54) is 7.11 Å². The number of hydrogen-bond acceptors (Lipinski definition) is 8. The quantitative estimate of drug-likeness (QED) is 0.646. The Labute approximate surface area is 181 Å². The van der Waals surface area contributed by atoms with Crippen molar-refractivity contribution in [2.45, 2.75) is 31.4 Å². The van der Waals surface area contributed by atoms with Crippen LogP contribution in [-0.4, -0.2) is 92.2 Å². The average Bonchev–Trinajstić information content (AvgIpc) is 3.17. The second kappa shape index (κ2) is 9.74. The van der Waals surface area contributed by atoms with Gasteiger partial charge in [-0.3, -0.25) is 9.80 Å². The van der Waals surface area contributed by atoms with Crippen LogP contribution in [0.25, 0.3) is 0 Å². The highest BCUT2D eigenvalue weighted by Gasteiger charge is 2.33. The number of aliphatic hydroxyl groups is 1. The number of aliphatic hydroxyl groups excluding tert-OH is 1. The third-order valence-corrected chi connectivity index (χ3v) is 6.32. The molecule has 0 radical (unpaired) electrons. The molecule has 1 aromatic rings. The van der Waals surface area contributed by atoms with E-state index in [4.69, 9.17) is 18.9 Å². The first-order chi connectivity index (χ1) is 15.1. The zero-order valence-electron chi connectivity index (χ0n) is 17.8. The summed E-state index contributed by atoms with van der Waals surface area (Å²) in [6.07, 6.45) is 2.63. The van der Waals surface area contributed by atoms with Crippen LogP contribution in [0.1, 0.15) is 29.6 Å². The molecule has 1 amide bonds. The molecule has 0 aliphatic carbocycles. The Bertz CT molecular complexity index is 794. The van der Waals surface area contributed by atoms with E-state index in [0.29, 0.717) is 36.1 Å². The van der Waals surface area contributed by atoms with Gasteiger partial charge in [0.2, 0.25) is 0 Å². The van der Waals surface area contributed by atoms with Crippen molar-refractivity contribution < 1.29 is 33.6 Å². The number of nitrogens with zero attached hydrogens (tertiary/aromatic N) is 2. The normalized spacial score (nSPS) is 24.2. The van der Waals surface area contributed by atoms with Crippen LogP contribution in [0.5, 0.6) is 11.5 Å². The monoisotopic (exact) mass is 434 g/mol. The molecule has 3 aliphatic rings. The maximum atomic E-state index is 11.8. The van der Waals surface area contributed by atoms with Crippen LogP contribution >= 0.6 is 0 Å². The molecule has 2 fully saturated rings. The summed E-state index contributed by atoms with van der Waals surface area (Å²) >= 11 is 0. The van der Waals surface area contributed by atoms with E-state index in [0.717, 1.165) is 38.9 Å². The van der Waals surface area contributed by atoms with Gasteiger partial charge in [0.25, 0.3) is 0 Å². The molecule has 1 aromatic carbocycles. The molecule has 9 nitrogen and oxygen atoms in total. The van der Waals surface area contributed by atoms with Crippen LogP contribution in [0.3, 0.4) is 0 Å². The highest BCUT2D eigenvalue weighted by molar-refractivity contribution is 5.90. The summed E-state index contributed by atoms with van der Waals surface area (Å²) in [5.41, 5.74) is 0.441. The van der Waals surface area contributed by atoms with Crippen LogP contribution in [0.4, 0.5) is 4.79 Å². The van der Waals surface area contributed by atoms with Gasteiger partial charge < -0.3 is 24.1 Å². The van der Waals surface area contributed by atoms with Crippen molar-refractivity contribution in [2.75, 3.05) is 53.1 Å². The van der Waals surface area contributed by atoms with Crippen molar-refractivity contribution in [3.63, 3.8) is 0 Å². The van der Waals surface area contributed by atoms with Gasteiger partial charge in [0.15, 0.2) is 11.5 Å². The van der Waals surface area contributed by atoms with Gasteiger partial charge in [0, 0.05) is 13.1 Å². The van der Waals surface area contributed by atoms with Crippen LogP contribution in [0.15, 0.2) is 18.2 Å². The minimum Gasteiger partial charge on any atom is -0.486 e. The Morgan fingerprint density at radius 3 is 2.74 bits per heavy atom. The summed E-state index contributed by atoms with van der Waals surface area (Å²) in [7, 11) is 1.35. The van der Waals surface area contributed by atoms with Crippen LogP contribution in [-0.2, 0) is 9.47 Å². The van der Waals surface area contributed by atoms with Gasteiger partial charge in [-0.25, -0.2) is 9.59 Å². The topological polar surface area (TPSA) is 97.8 Å². The van der Waals surface area contributed by atoms with Gasteiger partial charge in [-0.2, -0.15) is 0 Å². The van der Waals surface area contributed by atoms with Gasteiger partial charge >= 0.3 is 12.1 Å². The lowest BCUT2D eigenvalue weighted by Gasteiger charge is -2.36. The summed E-state index contributed by atoms with van der Waals surface area (Å²) in [5.74, 6) is 1.37. The minimum atomic E-state index is -0.400. The van der Waals surface area contributed by atoms with Crippen LogP contribution < -0.4 is 9.47 Å². The Hall–Kier alpha value is -2.52. The molecule has 2 atom stereocenters.